The highest BCUT2D eigenvalue weighted by atomic mass is 19.4. The third-order valence-electron chi connectivity index (χ3n) is 7.47. The predicted octanol–water partition coefficient (Wildman–Crippen LogP) is 7.17. The Labute approximate surface area is 196 Å². The lowest BCUT2D eigenvalue weighted by molar-refractivity contribution is -0.139. The van der Waals surface area contributed by atoms with Gasteiger partial charge in [0.1, 0.15) is 12.4 Å². The number of halogens is 3. The summed E-state index contributed by atoms with van der Waals surface area (Å²) in [6, 6.07) is 10.3. The van der Waals surface area contributed by atoms with Gasteiger partial charge in [-0.2, -0.15) is 13.2 Å². The molecule has 180 valence electrons. The molecule has 4 nitrogen and oxygen atoms in total. The third-order valence-corrected chi connectivity index (χ3v) is 7.47. The Hall–Kier alpha value is -2.96. The fourth-order valence-electron chi connectivity index (χ4n) is 5.91. The van der Waals surface area contributed by atoms with E-state index in [0.717, 1.165) is 60.8 Å². The van der Waals surface area contributed by atoms with Crippen LogP contribution < -0.4 is 4.74 Å². The fraction of sp³-hybridized carbons (Fsp3) is 0.444. The molecule has 1 atom stereocenters. The van der Waals surface area contributed by atoms with Crippen LogP contribution in [0, 0.1) is 6.92 Å². The number of rotatable bonds is 6. The van der Waals surface area contributed by atoms with Crippen LogP contribution >= 0.6 is 0 Å². The molecule has 34 heavy (non-hydrogen) atoms. The maximum Gasteiger partial charge on any atom is 0.416 e. The Balaban J connectivity index is 1.38. The second-order valence-corrected chi connectivity index (χ2v) is 9.61. The highest BCUT2D eigenvalue weighted by molar-refractivity contribution is 5.87. The molecule has 0 amide bonds. The van der Waals surface area contributed by atoms with Gasteiger partial charge in [-0.05, 0) is 73.1 Å². The third kappa shape index (κ3) is 4.17. The average molecular weight is 472 g/mol. The molecule has 1 N–H and O–H groups in total. The van der Waals surface area contributed by atoms with Crippen molar-refractivity contribution in [2.24, 2.45) is 0 Å². The number of fused-ring (bicyclic) bond motifs is 3. The van der Waals surface area contributed by atoms with Gasteiger partial charge in [-0.3, -0.25) is 4.79 Å². The summed E-state index contributed by atoms with van der Waals surface area (Å²) in [4.78, 5) is 11.2. The highest BCUT2D eigenvalue weighted by Gasteiger charge is 2.36. The average Bonchev–Trinajstić information content (AvgIpc) is 3.51. The van der Waals surface area contributed by atoms with Crippen molar-refractivity contribution in [3.63, 3.8) is 0 Å². The van der Waals surface area contributed by atoms with Crippen molar-refractivity contribution in [2.45, 2.75) is 76.6 Å². The molecule has 7 heteroatoms. The lowest BCUT2D eigenvalue weighted by Gasteiger charge is -2.19. The molecule has 5 rings (SSSR count). The van der Waals surface area contributed by atoms with E-state index in [9.17, 15) is 23.1 Å². The number of hydrogen-bond acceptors (Lipinski definition) is 2. The molecule has 0 saturated heterocycles. The molecule has 2 aliphatic rings. The number of aliphatic carboxylic acids is 1. The standard InChI is InChI=1S/C27H28F3NO3/c1-16-22-14-20(7-9-24(22)31-11-10-19(26(16)31)13-25(32)33)34-15-17-6-8-21(18-4-2-3-5-18)23(12-17)27(28,29)30/h6-9,12,14,18-19H,2-5,10-11,13,15H2,1H3,(H,32,33)/t19-/m0/s1. The van der Waals surface area contributed by atoms with Gasteiger partial charge in [-0.15, -0.1) is 0 Å². The van der Waals surface area contributed by atoms with Crippen molar-refractivity contribution in [1.82, 2.24) is 4.57 Å². The SMILES string of the molecule is Cc1c2n(c3ccc(OCc4ccc(C5CCCC5)c(C(F)(F)F)c4)cc13)CC[C@H]2CC(=O)O. The Morgan fingerprint density at radius 3 is 2.59 bits per heavy atom. The predicted molar refractivity (Wildman–Crippen MR) is 123 cm³/mol. The summed E-state index contributed by atoms with van der Waals surface area (Å²) >= 11 is 0. The van der Waals surface area contributed by atoms with E-state index in [4.69, 9.17) is 4.74 Å². The van der Waals surface area contributed by atoms with E-state index in [-0.39, 0.29) is 24.9 Å². The zero-order chi connectivity index (χ0) is 24.0. The van der Waals surface area contributed by atoms with Crippen LogP contribution in [0.3, 0.4) is 0 Å². The first-order valence-electron chi connectivity index (χ1n) is 11.9. The Morgan fingerprint density at radius 2 is 1.88 bits per heavy atom. The molecular weight excluding hydrogens is 443 g/mol. The quantitative estimate of drug-likeness (QED) is 0.415. The number of hydrogen-bond donors (Lipinski definition) is 1. The molecule has 3 aromatic rings. The number of carboxylic acid groups (broad SMARTS) is 1. The lowest BCUT2D eigenvalue weighted by Crippen LogP contribution is -2.12. The van der Waals surface area contributed by atoms with E-state index in [1.54, 1.807) is 12.1 Å². The molecule has 2 heterocycles. The summed E-state index contributed by atoms with van der Waals surface area (Å²) in [5.74, 6) is -0.237. The molecule has 1 aromatic heterocycles. The largest absolute Gasteiger partial charge is 0.489 e. The molecule has 1 fully saturated rings. The van der Waals surface area contributed by atoms with Crippen molar-refractivity contribution in [3.8, 4) is 5.75 Å². The fourth-order valence-corrected chi connectivity index (χ4v) is 5.91. The number of carboxylic acids is 1. The van der Waals surface area contributed by atoms with Crippen molar-refractivity contribution < 1.29 is 27.8 Å². The smallest absolute Gasteiger partial charge is 0.416 e. The molecule has 1 aliphatic heterocycles. The number of ether oxygens (including phenoxy) is 1. The van der Waals surface area contributed by atoms with E-state index >= 15 is 0 Å². The first kappa shape index (κ1) is 22.8. The first-order chi connectivity index (χ1) is 16.2. The second-order valence-electron chi connectivity index (χ2n) is 9.61. The minimum Gasteiger partial charge on any atom is -0.489 e. The molecule has 0 spiro atoms. The zero-order valence-electron chi connectivity index (χ0n) is 19.1. The van der Waals surface area contributed by atoms with Crippen LogP contribution in [0.5, 0.6) is 5.75 Å². The van der Waals surface area contributed by atoms with Gasteiger partial charge >= 0.3 is 12.1 Å². The van der Waals surface area contributed by atoms with Crippen molar-refractivity contribution in [2.75, 3.05) is 0 Å². The molecule has 0 unspecified atom stereocenters. The van der Waals surface area contributed by atoms with Crippen molar-refractivity contribution in [3.05, 3.63) is 64.3 Å². The lowest BCUT2D eigenvalue weighted by atomic mass is 9.91. The molecule has 0 radical (unpaired) electrons. The molecule has 1 saturated carbocycles. The van der Waals surface area contributed by atoms with E-state index in [2.05, 4.69) is 4.57 Å². The highest BCUT2D eigenvalue weighted by Crippen LogP contribution is 2.43. The van der Waals surface area contributed by atoms with E-state index in [1.165, 1.54) is 6.07 Å². The van der Waals surface area contributed by atoms with Gasteiger partial charge < -0.3 is 14.4 Å². The Morgan fingerprint density at radius 1 is 1.12 bits per heavy atom. The summed E-state index contributed by atoms with van der Waals surface area (Å²) in [5.41, 5.74) is 3.50. The van der Waals surface area contributed by atoms with Crippen LogP contribution in [0.2, 0.25) is 0 Å². The zero-order valence-corrected chi connectivity index (χ0v) is 19.1. The molecule has 1 aliphatic carbocycles. The van der Waals surface area contributed by atoms with Crippen LogP contribution in [0.4, 0.5) is 13.2 Å². The maximum absolute atomic E-state index is 13.8. The molecular formula is C27H28F3NO3. The van der Waals surface area contributed by atoms with Crippen molar-refractivity contribution in [1.29, 1.82) is 0 Å². The van der Waals surface area contributed by atoms with Crippen LogP contribution in [0.15, 0.2) is 36.4 Å². The van der Waals surface area contributed by atoms with Gasteiger partial charge in [0.05, 0.1) is 12.0 Å². The summed E-state index contributed by atoms with van der Waals surface area (Å²) in [6.07, 6.45) is 0.127. The number of alkyl halides is 3. The van der Waals surface area contributed by atoms with Gasteiger partial charge in [0.15, 0.2) is 0 Å². The van der Waals surface area contributed by atoms with E-state index < -0.39 is 17.7 Å². The van der Waals surface area contributed by atoms with Gasteiger partial charge in [0.2, 0.25) is 0 Å². The number of aryl methyl sites for hydroxylation is 2. The molecule has 2 aromatic carbocycles. The summed E-state index contributed by atoms with van der Waals surface area (Å²) < 4.78 is 49.4. The van der Waals surface area contributed by atoms with Crippen LogP contribution in [0.1, 0.15) is 78.3 Å². The maximum atomic E-state index is 13.8. The van der Waals surface area contributed by atoms with Crippen molar-refractivity contribution >= 4 is 16.9 Å². The Kier molecular flexibility index (Phi) is 5.82. The van der Waals surface area contributed by atoms with Crippen LogP contribution in [-0.2, 0) is 24.1 Å². The number of carbonyl (C=O) groups is 1. The topological polar surface area (TPSA) is 51.5 Å². The van der Waals surface area contributed by atoms with Gasteiger partial charge in [-0.1, -0.05) is 25.0 Å². The number of benzene rings is 2. The normalized spacial score (nSPS) is 18.5. The minimum atomic E-state index is -4.39. The Bertz CT molecular complexity index is 1240. The summed E-state index contributed by atoms with van der Waals surface area (Å²) in [6.45, 7) is 2.83. The van der Waals surface area contributed by atoms with Gasteiger partial charge in [-0.25, -0.2) is 0 Å². The van der Waals surface area contributed by atoms with E-state index in [1.807, 2.05) is 25.1 Å². The summed E-state index contributed by atoms with van der Waals surface area (Å²) in [5, 5.41) is 10.2. The van der Waals surface area contributed by atoms with E-state index in [0.29, 0.717) is 16.9 Å². The van der Waals surface area contributed by atoms with Gasteiger partial charge in [0, 0.05) is 29.1 Å². The number of aromatic nitrogens is 1. The number of nitrogens with zero attached hydrogens (tertiary/aromatic N) is 1. The van der Waals surface area contributed by atoms with Gasteiger partial charge in [0.25, 0.3) is 0 Å². The monoisotopic (exact) mass is 471 g/mol. The second kappa shape index (κ2) is 8.67. The molecule has 0 bridgehead atoms. The van der Waals surface area contributed by atoms with Crippen LogP contribution in [-0.4, -0.2) is 15.6 Å². The minimum absolute atomic E-state index is 0.00607. The van der Waals surface area contributed by atoms with Crippen LogP contribution in [0.25, 0.3) is 10.9 Å². The first-order valence-corrected chi connectivity index (χ1v) is 11.9. The summed E-state index contributed by atoms with van der Waals surface area (Å²) in [7, 11) is 0.